The molecule has 2 N–H and O–H groups in total. The minimum absolute atomic E-state index is 0.0128. The van der Waals surface area contributed by atoms with Crippen LogP contribution < -0.4 is 5.32 Å². The van der Waals surface area contributed by atoms with E-state index < -0.39 is 6.10 Å². The van der Waals surface area contributed by atoms with E-state index in [2.05, 4.69) is 17.4 Å². The molecule has 0 aliphatic heterocycles. The van der Waals surface area contributed by atoms with Gasteiger partial charge in [-0.05, 0) is 48.6 Å². The first-order chi connectivity index (χ1) is 10.1. The molecule has 1 amide bonds. The van der Waals surface area contributed by atoms with Crippen molar-refractivity contribution < 1.29 is 9.90 Å². The van der Waals surface area contributed by atoms with Crippen LogP contribution in [0.25, 0.3) is 0 Å². The highest BCUT2D eigenvalue weighted by Gasteiger charge is 2.26. The normalized spacial score (nSPS) is 15.5. The van der Waals surface area contributed by atoms with Gasteiger partial charge >= 0.3 is 0 Å². The lowest BCUT2D eigenvalue weighted by Gasteiger charge is -2.11. The van der Waals surface area contributed by atoms with Crippen LogP contribution in [0, 0.1) is 5.92 Å². The Morgan fingerprint density at radius 1 is 1.10 bits per heavy atom. The molecule has 0 fully saturated rings. The van der Waals surface area contributed by atoms with Gasteiger partial charge in [0, 0.05) is 11.6 Å². The molecule has 3 nitrogen and oxygen atoms in total. The Labute approximate surface area is 124 Å². The van der Waals surface area contributed by atoms with E-state index in [0.717, 1.165) is 24.1 Å². The fourth-order valence-corrected chi connectivity index (χ4v) is 2.83. The molecule has 0 saturated heterocycles. The predicted molar refractivity (Wildman–Crippen MR) is 83.0 cm³/mol. The molecule has 0 aromatic heterocycles. The molecule has 0 spiro atoms. The Hall–Kier alpha value is -2.13. The van der Waals surface area contributed by atoms with Crippen LogP contribution in [0.3, 0.4) is 0 Å². The maximum absolute atomic E-state index is 12.3. The lowest BCUT2D eigenvalue weighted by Crippen LogP contribution is -2.23. The number of nitrogens with one attached hydrogen (secondary N) is 1. The zero-order valence-corrected chi connectivity index (χ0v) is 12.0. The molecule has 0 bridgehead atoms. The summed E-state index contributed by atoms with van der Waals surface area (Å²) in [5.41, 5.74) is 4.19. The maximum atomic E-state index is 12.3. The second-order valence-electron chi connectivity index (χ2n) is 5.66. The number of fused-ring (bicyclic) bond motifs is 1. The molecule has 1 aliphatic carbocycles. The molecule has 0 saturated carbocycles. The van der Waals surface area contributed by atoms with Crippen molar-refractivity contribution in [3.05, 3.63) is 65.2 Å². The van der Waals surface area contributed by atoms with Gasteiger partial charge in [0.1, 0.15) is 0 Å². The van der Waals surface area contributed by atoms with E-state index in [4.69, 9.17) is 0 Å². The molecule has 0 heterocycles. The largest absolute Gasteiger partial charge is 0.389 e. The number of hydrogen-bond acceptors (Lipinski definition) is 2. The molecule has 2 aromatic carbocycles. The smallest absolute Gasteiger partial charge is 0.228 e. The van der Waals surface area contributed by atoms with E-state index in [1.165, 1.54) is 11.1 Å². The van der Waals surface area contributed by atoms with Crippen LogP contribution in [0.15, 0.2) is 48.5 Å². The topological polar surface area (TPSA) is 49.3 Å². The fourth-order valence-electron chi connectivity index (χ4n) is 2.83. The SMILES string of the molecule is CC(O)c1ccc(NC(=O)C2Cc3ccccc3C2)cc1. The number of aliphatic hydroxyl groups excluding tert-OH is 1. The zero-order valence-electron chi connectivity index (χ0n) is 12.0. The van der Waals surface area contributed by atoms with Gasteiger partial charge in [0.2, 0.25) is 5.91 Å². The quantitative estimate of drug-likeness (QED) is 0.908. The van der Waals surface area contributed by atoms with Gasteiger partial charge < -0.3 is 10.4 Å². The molecule has 1 atom stereocenters. The standard InChI is InChI=1S/C18H19NO2/c1-12(20)13-6-8-17(9-7-13)19-18(21)16-10-14-4-2-3-5-15(14)11-16/h2-9,12,16,20H,10-11H2,1H3,(H,19,21). The second-order valence-corrected chi connectivity index (χ2v) is 5.66. The van der Waals surface area contributed by atoms with Gasteiger partial charge in [-0.2, -0.15) is 0 Å². The van der Waals surface area contributed by atoms with Crippen molar-refractivity contribution in [2.75, 3.05) is 5.32 Å². The van der Waals surface area contributed by atoms with Gasteiger partial charge in [0.15, 0.2) is 0 Å². The number of aliphatic hydroxyl groups is 1. The number of carbonyl (C=O) groups is 1. The van der Waals surface area contributed by atoms with Crippen molar-refractivity contribution in [3.8, 4) is 0 Å². The van der Waals surface area contributed by atoms with Gasteiger partial charge in [-0.25, -0.2) is 0 Å². The van der Waals surface area contributed by atoms with Crippen LogP contribution >= 0.6 is 0 Å². The minimum atomic E-state index is -0.487. The highest BCUT2D eigenvalue weighted by atomic mass is 16.3. The first-order valence-corrected chi connectivity index (χ1v) is 7.29. The number of anilines is 1. The monoisotopic (exact) mass is 281 g/mol. The zero-order chi connectivity index (χ0) is 14.8. The Kier molecular flexibility index (Phi) is 3.76. The molecule has 3 heteroatoms. The molecule has 1 unspecified atom stereocenters. The van der Waals surface area contributed by atoms with Crippen LogP contribution in [0.5, 0.6) is 0 Å². The Bertz CT molecular complexity index is 622. The van der Waals surface area contributed by atoms with E-state index in [1.54, 1.807) is 6.92 Å². The molecule has 0 radical (unpaired) electrons. The lowest BCUT2D eigenvalue weighted by molar-refractivity contribution is -0.119. The molecular weight excluding hydrogens is 262 g/mol. The number of hydrogen-bond donors (Lipinski definition) is 2. The highest BCUT2D eigenvalue weighted by Crippen LogP contribution is 2.27. The molecule has 21 heavy (non-hydrogen) atoms. The first-order valence-electron chi connectivity index (χ1n) is 7.29. The van der Waals surface area contributed by atoms with Gasteiger partial charge in [-0.3, -0.25) is 4.79 Å². The van der Waals surface area contributed by atoms with Crippen LogP contribution in [0.2, 0.25) is 0 Å². The molecule has 3 rings (SSSR count). The lowest BCUT2D eigenvalue weighted by atomic mass is 10.1. The summed E-state index contributed by atoms with van der Waals surface area (Å²) in [6, 6.07) is 15.6. The summed E-state index contributed by atoms with van der Waals surface area (Å²) in [5, 5.41) is 12.4. The predicted octanol–water partition coefficient (Wildman–Crippen LogP) is 3.09. The van der Waals surface area contributed by atoms with Crippen LogP contribution in [-0.2, 0) is 17.6 Å². The van der Waals surface area contributed by atoms with Crippen LogP contribution in [0.1, 0.15) is 29.7 Å². The second kappa shape index (κ2) is 5.70. The van der Waals surface area contributed by atoms with E-state index in [9.17, 15) is 9.90 Å². The van der Waals surface area contributed by atoms with Gasteiger partial charge in [0.25, 0.3) is 0 Å². The van der Waals surface area contributed by atoms with Crippen molar-refractivity contribution in [1.82, 2.24) is 0 Å². The summed E-state index contributed by atoms with van der Waals surface area (Å²) >= 11 is 0. The summed E-state index contributed by atoms with van der Waals surface area (Å²) in [5.74, 6) is 0.0786. The third kappa shape index (κ3) is 2.98. The highest BCUT2D eigenvalue weighted by molar-refractivity contribution is 5.93. The third-order valence-corrected chi connectivity index (χ3v) is 4.08. The van der Waals surface area contributed by atoms with Gasteiger partial charge in [-0.15, -0.1) is 0 Å². The molecule has 108 valence electrons. The van der Waals surface area contributed by atoms with Crippen LogP contribution in [0.4, 0.5) is 5.69 Å². The number of benzene rings is 2. The number of amides is 1. The summed E-state index contributed by atoms with van der Waals surface area (Å²) in [4.78, 5) is 12.3. The third-order valence-electron chi connectivity index (χ3n) is 4.08. The van der Waals surface area contributed by atoms with E-state index in [0.29, 0.717) is 0 Å². The summed E-state index contributed by atoms with van der Waals surface area (Å²) in [7, 11) is 0. The number of carbonyl (C=O) groups excluding carboxylic acids is 1. The van der Waals surface area contributed by atoms with Crippen molar-refractivity contribution in [1.29, 1.82) is 0 Å². The van der Waals surface area contributed by atoms with Crippen molar-refractivity contribution in [3.63, 3.8) is 0 Å². The minimum Gasteiger partial charge on any atom is -0.389 e. The average Bonchev–Trinajstić information content (AvgIpc) is 2.92. The van der Waals surface area contributed by atoms with E-state index in [1.807, 2.05) is 36.4 Å². The molecule has 1 aliphatic rings. The number of rotatable bonds is 3. The van der Waals surface area contributed by atoms with Gasteiger partial charge in [0.05, 0.1) is 6.10 Å². The Balaban J connectivity index is 1.65. The van der Waals surface area contributed by atoms with E-state index >= 15 is 0 Å². The Morgan fingerprint density at radius 2 is 1.67 bits per heavy atom. The molecule has 2 aromatic rings. The van der Waals surface area contributed by atoms with E-state index in [-0.39, 0.29) is 11.8 Å². The van der Waals surface area contributed by atoms with Crippen LogP contribution in [-0.4, -0.2) is 11.0 Å². The van der Waals surface area contributed by atoms with Crippen molar-refractivity contribution in [2.24, 2.45) is 5.92 Å². The van der Waals surface area contributed by atoms with Gasteiger partial charge in [-0.1, -0.05) is 36.4 Å². The summed E-state index contributed by atoms with van der Waals surface area (Å²) < 4.78 is 0. The fraction of sp³-hybridized carbons (Fsp3) is 0.278. The van der Waals surface area contributed by atoms with Crippen molar-refractivity contribution in [2.45, 2.75) is 25.9 Å². The summed E-state index contributed by atoms with van der Waals surface area (Å²) in [6.45, 7) is 1.73. The molecular formula is C18H19NO2. The average molecular weight is 281 g/mol. The van der Waals surface area contributed by atoms with Crippen molar-refractivity contribution >= 4 is 11.6 Å². The first kappa shape index (κ1) is 13.8. The summed E-state index contributed by atoms with van der Waals surface area (Å²) in [6.07, 6.45) is 1.14. The maximum Gasteiger partial charge on any atom is 0.228 e. The Morgan fingerprint density at radius 3 is 2.19 bits per heavy atom.